The Morgan fingerprint density at radius 2 is 2.00 bits per heavy atom. The Morgan fingerprint density at radius 3 is 2.55 bits per heavy atom. The van der Waals surface area contributed by atoms with E-state index in [0.29, 0.717) is 0 Å². The molecule has 0 atom stereocenters. The summed E-state index contributed by atoms with van der Waals surface area (Å²) in [7, 11) is 6.05. The van der Waals surface area contributed by atoms with Gasteiger partial charge in [0, 0.05) is 11.9 Å². The average Bonchev–Trinajstić information content (AvgIpc) is 2.92. The molecule has 2 aromatic heterocycles. The largest absolute Gasteiger partial charge is 0.324 e. The Kier molecular flexibility index (Phi) is 5.01. The third-order valence-electron chi connectivity index (χ3n) is 3.29. The van der Waals surface area contributed by atoms with Crippen molar-refractivity contribution in [2.75, 3.05) is 14.1 Å². The van der Waals surface area contributed by atoms with Gasteiger partial charge in [-0.3, -0.25) is 0 Å². The van der Waals surface area contributed by atoms with Crippen molar-refractivity contribution >= 4 is 22.9 Å². The Hall–Kier alpha value is -1.28. The van der Waals surface area contributed by atoms with E-state index < -0.39 is 0 Å². The number of rotatable bonds is 2. The molecule has 2 aromatic rings. The minimum atomic E-state index is 0.0969. The van der Waals surface area contributed by atoms with Crippen LogP contribution >= 0.6 is 22.9 Å². The lowest BCUT2D eigenvalue weighted by molar-refractivity contribution is 0.384. The van der Waals surface area contributed by atoms with Crippen LogP contribution in [-0.4, -0.2) is 28.5 Å². The molecule has 0 amide bonds. The van der Waals surface area contributed by atoms with E-state index in [1.807, 2.05) is 31.9 Å². The van der Waals surface area contributed by atoms with Crippen molar-refractivity contribution in [1.82, 2.24) is 14.5 Å². The zero-order valence-corrected chi connectivity index (χ0v) is 15.6. The second-order valence-corrected chi connectivity index (χ2v) is 8.31. The van der Waals surface area contributed by atoms with Crippen LogP contribution in [0, 0.1) is 11.8 Å². The van der Waals surface area contributed by atoms with Crippen molar-refractivity contribution in [3.05, 3.63) is 38.6 Å². The standard InChI is InChI=1S/C17H22ClN3S/c1-17(2,3)14-9-12(16(18)22-14)7-8-13-10-19-15(21(13)6)11-20(4)5/h9-10H,11H2,1-6H3. The summed E-state index contributed by atoms with van der Waals surface area (Å²) in [5, 5.41) is 0. The molecule has 0 aliphatic heterocycles. The fourth-order valence-corrected chi connectivity index (χ4v) is 3.20. The molecule has 0 fully saturated rings. The van der Waals surface area contributed by atoms with Gasteiger partial charge < -0.3 is 9.47 Å². The Bertz CT molecular complexity index is 723. The molecule has 22 heavy (non-hydrogen) atoms. The summed E-state index contributed by atoms with van der Waals surface area (Å²) in [4.78, 5) is 7.76. The molecule has 0 spiro atoms. The van der Waals surface area contributed by atoms with Gasteiger partial charge in [-0.25, -0.2) is 4.98 Å². The van der Waals surface area contributed by atoms with Gasteiger partial charge in [0.05, 0.1) is 18.3 Å². The van der Waals surface area contributed by atoms with Crippen molar-refractivity contribution < 1.29 is 0 Å². The number of halogens is 1. The average molecular weight is 336 g/mol. The number of hydrogen-bond acceptors (Lipinski definition) is 3. The summed E-state index contributed by atoms with van der Waals surface area (Å²) in [6, 6.07) is 2.09. The minimum absolute atomic E-state index is 0.0969. The van der Waals surface area contributed by atoms with E-state index in [2.05, 4.69) is 48.6 Å². The SMILES string of the molecule is CN(C)Cc1ncc(C#Cc2cc(C(C)(C)C)sc2Cl)n1C. The molecular weight excluding hydrogens is 314 g/mol. The van der Waals surface area contributed by atoms with Crippen LogP contribution < -0.4 is 0 Å². The zero-order chi connectivity index (χ0) is 16.5. The van der Waals surface area contributed by atoms with Gasteiger partial charge >= 0.3 is 0 Å². The number of nitrogens with zero attached hydrogens (tertiary/aromatic N) is 3. The molecule has 118 valence electrons. The summed E-state index contributed by atoms with van der Waals surface area (Å²) in [5.74, 6) is 7.37. The number of thiophene rings is 1. The van der Waals surface area contributed by atoms with Crippen LogP contribution in [-0.2, 0) is 19.0 Å². The van der Waals surface area contributed by atoms with Crippen molar-refractivity contribution in [3.8, 4) is 11.8 Å². The Labute approximate surface area is 141 Å². The van der Waals surface area contributed by atoms with Gasteiger partial charge in [-0.15, -0.1) is 11.3 Å². The molecule has 2 rings (SSSR count). The van der Waals surface area contributed by atoms with E-state index >= 15 is 0 Å². The van der Waals surface area contributed by atoms with Gasteiger partial charge in [0.25, 0.3) is 0 Å². The predicted molar refractivity (Wildman–Crippen MR) is 94.6 cm³/mol. The number of hydrogen-bond donors (Lipinski definition) is 0. The maximum absolute atomic E-state index is 6.32. The Morgan fingerprint density at radius 1 is 1.32 bits per heavy atom. The quantitative estimate of drug-likeness (QED) is 0.776. The maximum atomic E-state index is 6.32. The number of aromatic nitrogens is 2. The lowest BCUT2D eigenvalue weighted by Crippen LogP contribution is -2.14. The monoisotopic (exact) mass is 335 g/mol. The molecule has 0 aliphatic carbocycles. The first-order valence-corrected chi connectivity index (χ1v) is 8.35. The van der Waals surface area contributed by atoms with Crippen LogP contribution in [0.2, 0.25) is 4.34 Å². The molecule has 0 bridgehead atoms. The van der Waals surface area contributed by atoms with Crippen molar-refractivity contribution in [3.63, 3.8) is 0 Å². The van der Waals surface area contributed by atoms with Crippen LogP contribution in [0.5, 0.6) is 0 Å². The van der Waals surface area contributed by atoms with Crippen LogP contribution in [0.3, 0.4) is 0 Å². The van der Waals surface area contributed by atoms with Gasteiger partial charge in [0.2, 0.25) is 0 Å². The van der Waals surface area contributed by atoms with E-state index in [1.165, 1.54) is 4.88 Å². The fraction of sp³-hybridized carbons (Fsp3) is 0.471. The topological polar surface area (TPSA) is 21.1 Å². The molecule has 0 saturated carbocycles. The normalized spacial score (nSPS) is 11.6. The lowest BCUT2D eigenvalue weighted by atomic mass is 9.94. The predicted octanol–water partition coefficient (Wildman–Crippen LogP) is 3.89. The molecule has 0 radical (unpaired) electrons. The molecule has 0 saturated heterocycles. The summed E-state index contributed by atoms with van der Waals surface area (Å²) in [6.07, 6.45) is 1.82. The van der Waals surface area contributed by atoms with E-state index in [0.717, 1.165) is 28.0 Å². The van der Waals surface area contributed by atoms with Crippen LogP contribution in [0.4, 0.5) is 0 Å². The molecule has 5 heteroatoms. The van der Waals surface area contributed by atoms with Gasteiger partial charge in [0.1, 0.15) is 15.9 Å². The third kappa shape index (κ3) is 3.92. The van der Waals surface area contributed by atoms with Crippen molar-refractivity contribution in [2.45, 2.75) is 32.7 Å². The smallest absolute Gasteiger partial charge is 0.123 e. The lowest BCUT2D eigenvalue weighted by Gasteiger charge is -2.14. The molecule has 0 aromatic carbocycles. The van der Waals surface area contributed by atoms with E-state index in [1.54, 1.807) is 11.3 Å². The molecule has 0 unspecified atom stereocenters. The second-order valence-electron chi connectivity index (χ2n) is 6.65. The first-order chi connectivity index (χ1) is 10.2. The summed E-state index contributed by atoms with van der Waals surface area (Å²) < 4.78 is 2.78. The Balaban J connectivity index is 2.28. The van der Waals surface area contributed by atoms with E-state index in [4.69, 9.17) is 11.6 Å². The summed E-state index contributed by atoms with van der Waals surface area (Å²) in [6.45, 7) is 7.34. The highest BCUT2D eigenvalue weighted by Crippen LogP contribution is 2.35. The van der Waals surface area contributed by atoms with Crippen LogP contribution in [0.1, 0.15) is 42.7 Å². The molecule has 0 N–H and O–H groups in total. The highest BCUT2D eigenvalue weighted by molar-refractivity contribution is 7.16. The third-order valence-corrected chi connectivity index (χ3v) is 5.08. The molecular formula is C17H22ClN3S. The zero-order valence-electron chi connectivity index (χ0n) is 14.0. The van der Waals surface area contributed by atoms with E-state index in [-0.39, 0.29) is 5.41 Å². The van der Waals surface area contributed by atoms with Crippen LogP contribution in [0.15, 0.2) is 12.3 Å². The summed E-state index contributed by atoms with van der Waals surface area (Å²) in [5.41, 5.74) is 1.89. The first-order valence-electron chi connectivity index (χ1n) is 7.15. The first kappa shape index (κ1) is 17.1. The highest BCUT2D eigenvalue weighted by Gasteiger charge is 2.18. The molecule has 2 heterocycles. The highest BCUT2D eigenvalue weighted by atomic mass is 35.5. The number of imidazole rings is 1. The fourth-order valence-electron chi connectivity index (χ4n) is 1.95. The van der Waals surface area contributed by atoms with Gasteiger partial charge in [-0.1, -0.05) is 38.3 Å². The maximum Gasteiger partial charge on any atom is 0.123 e. The van der Waals surface area contributed by atoms with Gasteiger partial charge in [-0.2, -0.15) is 0 Å². The van der Waals surface area contributed by atoms with Crippen LogP contribution in [0.25, 0.3) is 0 Å². The molecule has 3 nitrogen and oxygen atoms in total. The molecule has 0 aliphatic rings. The van der Waals surface area contributed by atoms with Crippen molar-refractivity contribution in [2.24, 2.45) is 7.05 Å². The second kappa shape index (κ2) is 6.45. The summed E-state index contributed by atoms with van der Waals surface area (Å²) >= 11 is 7.93. The van der Waals surface area contributed by atoms with Crippen molar-refractivity contribution in [1.29, 1.82) is 0 Å². The van der Waals surface area contributed by atoms with Gasteiger partial charge in [-0.05, 0) is 31.5 Å². The van der Waals surface area contributed by atoms with E-state index in [9.17, 15) is 0 Å². The minimum Gasteiger partial charge on any atom is -0.324 e. The van der Waals surface area contributed by atoms with Gasteiger partial charge in [0.15, 0.2) is 0 Å².